The first-order valence-corrected chi connectivity index (χ1v) is 6.92. The Morgan fingerprint density at radius 2 is 2.08 bits per heavy atom. The van der Waals surface area contributed by atoms with Crippen LogP contribution >= 0.6 is 31.9 Å². The van der Waals surface area contributed by atoms with Gasteiger partial charge in [0.2, 0.25) is 10.0 Å². The fourth-order valence-electron chi connectivity index (χ4n) is 0.759. The first-order chi connectivity index (χ1) is 6.03. The zero-order valence-corrected chi connectivity index (χ0v) is 10.5. The SMILES string of the molecule is O=S(=O)(CBr)Nc1cccc(Br)c1. The summed E-state index contributed by atoms with van der Waals surface area (Å²) in [5, 5.41) is 0. The fraction of sp³-hybridized carbons (Fsp3) is 0.143. The monoisotopic (exact) mass is 327 g/mol. The highest BCUT2D eigenvalue weighted by molar-refractivity contribution is 9.11. The topological polar surface area (TPSA) is 46.2 Å². The van der Waals surface area contributed by atoms with E-state index in [-0.39, 0.29) is 4.66 Å². The van der Waals surface area contributed by atoms with E-state index in [1.54, 1.807) is 18.2 Å². The Bertz CT molecular complexity index is 391. The Labute approximate surface area is 93.8 Å². The highest BCUT2D eigenvalue weighted by Crippen LogP contribution is 2.16. The zero-order chi connectivity index (χ0) is 9.90. The summed E-state index contributed by atoms with van der Waals surface area (Å²) in [7, 11) is -3.24. The third-order valence-electron chi connectivity index (χ3n) is 1.24. The standard InChI is InChI=1S/C7H7Br2NO2S/c8-5-13(11,12)10-7-3-1-2-6(9)4-7/h1-4,10H,5H2. The molecule has 0 spiro atoms. The molecule has 6 heteroatoms. The van der Waals surface area contributed by atoms with Gasteiger partial charge in [0, 0.05) is 10.2 Å². The number of rotatable bonds is 3. The molecule has 1 aromatic rings. The largest absolute Gasteiger partial charge is 0.283 e. The van der Waals surface area contributed by atoms with Crippen molar-refractivity contribution in [1.82, 2.24) is 0 Å². The second kappa shape index (κ2) is 4.43. The van der Waals surface area contributed by atoms with Gasteiger partial charge >= 0.3 is 0 Å². The predicted molar refractivity (Wildman–Crippen MR) is 60.5 cm³/mol. The smallest absolute Gasteiger partial charge is 0.242 e. The number of sulfonamides is 1. The van der Waals surface area contributed by atoms with Gasteiger partial charge in [-0.15, -0.1) is 0 Å². The van der Waals surface area contributed by atoms with Gasteiger partial charge in [0.15, 0.2) is 0 Å². The van der Waals surface area contributed by atoms with E-state index in [1.165, 1.54) is 0 Å². The average Bonchev–Trinajstić information content (AvgIpc) is 2.03. The van der Waals surface area contributed by atoms with Crippen LogP contribution in [0.25, 0.3) is 0 Å². The Morgan fingerprint density at radius 3 is 2.62 bits per heavy atom. The Hall–Kier alpha value is -0.0700. The molecule has 0 unspecified atom stereocenters. The van der Waals surface area contributed by atoms with Gasteiger partial charge in [-0.1, -0.05) is 37.9 Å². The maximum absolute atomic E-state index is 11.1. The molecule has 0 aliphatic rings. The minimum atomic E-state index is -3.24. The summed E-state index contributed by atoms with van der Waals surface area (Å²) in [6.45, 7) is 0. The summed E-state index contributed by atoms with van der Waals surface area (Å²) in [5.41, 5.74) is 0.550. The van der Waals surface area contributed by atoms with E-state index in [0.29, 0.717) is 5.69 Å². The molecule has 1 N–H and O–H groups in total. The summed E-state index contributed by atoms with van der Waals surface area (Å²) in [6.07, 6.45) is 0. The van der Waals surface area contributed by atoms with Crippen molar-refractivity contribution in [3.63, 3.8) is 0 Å². The molecule has 0 amide bonds. The molecule has 0 heterocycles. The van der Waals surface area contributed by atoms with E-state index in [1.807, 2.05) is 6.07 Å². The number of benzene rings is 1. The van der Waals surface area contributed by atoms with Crippen molar-refractivity contribution >= 4 is 47.6 Å². The van der Waals surface area contributed by atoms with Crippen molar-refractivity contribution < 1.29 is 8.42 Å². The van der Waals surface area contributed by atoms with Crippen LogP contribution in [-0.4, -0.2) is 13.1 Å². The first-order valence-electron chi connectivity index (χ1n) is 3.35. The molecule has 1 aromatic carbocycles. The van der Waals surface area contributed by atoms with E-state index in [0.717, 1.165) is 4.47 Å². The average molecular weight is 329 g/mol. The van der Waals surface area contributed by atoms with Gasteiger partial charge in [-0.25, -0.2) is 8.42 Å². The van der Waals surface area contributed by atoms with Gasteiger partial charge in [-0.05, 0) is 18.2 Å². The van der Waals surface area contributed by atoms with Crippen molar-refractivity contribution in [1.29, 1.82) is 0 Å². The molecule has 0 fully saturated rings. The number of hydrogen-bond donors (Lipinski definition) is 1. The minimum Gasteiger partial charge on any atom is -0.283 e. The molecular formula is C7H7Br2NO2S. The molecule has 0 bridgehead atoms. The lowest BCUT2D eigenvalue weighted by Gasteiger charge is -2.04. The van der Waals surface area contributed by atoms with Crippen LogP contribution < -0.4 is 4.72 Å². The molecule has 0 aromatic heterocycles. The third kappa shape index (κ3) is 3.66. The van der Waals surface area contributed by atoms with Crippen LogP contribution in [0.15, 0.2) is 28.7 Å². The van der Waals surface area contributed by atoms with Crippen molar-refractivity contribution in [3.8, 4) is 0 Å². The molecule has 1 rings (SSSR count). The molecule has 0 atom stereocenters. The van der Waals surface area contributed by atoms with Gasteiger partial charge in [0.05, 0.1) is 0 Å². The summed E-state index contributed by atoms with van der Waals surface area (Å²) in [4.78, 5) is 0. The zero-order valence-electron chi connectivity index (χ0n) is 6.50. The lowest BCUT2D eigenvalue weighted by Crippen LogP contribution is -2.12. The summed E-state index contributed by atoms with van der Waals surface area (Å²) in [6, 6.07) is 6.97. The maximum Gasteiger partial charge on any atom is 0.242 e. The van der Waals surface area contributed by atoms with Gasteiger partial charge in [0.25, 0.3) is 0 Å². The second-order valence-electron chi connectivity index (χ2n) is 2.34. The molecule has 13 heavy (non-hydrogen) atoms. The number of nitrogens with one attached hydrogen (secondary N) is 1. The Kier molecular flexibility index (Phi) is 3.75. The summed E-state index contributed by atoms with van der Waals surface area (Å²) < 4.78 is 25.3. The van der Waals surface area contributed by atoms with Crippen LogP contribution in [0.4, 0.5) is 5.69 Å². The van der Waals surface area contributed by atoms with E-state index >= 15 is 0 Å². The highest BCUT2D eigenvalue weighted by Gasteiger charge is 2.06. The molecule has 0 saturated carbocycles. The Morgan fingerprint density at radius 1 is 1.38 bits per heavy atom. The second-order valence-corrected chi connectivity index (χ2v) is 6.28. The molecule has 0 saturated heterocycles. The van der Waals surface area contributed by atoms with Crippen LogP contribution in [0.2, 0.25) is 0 Å². The van der Waals surface area contributed by atoms with Crippen LogP contribution in [0.1, 0.15) is 0 Å². The normalized spacial score (nSPS) is 11.2. The molecular weight excluding hydrogens is 322 g/mol. The lowest BCUT2D eigenvalue weighted by molar-refractivity contribution is 0.606. The number of alkyl halides is 1. The van der Waals surface area contributed by atoms with Crippen molar-refractivity contribution in [3.05, 3.63) is 28.7 Å². The van der Waals surface area contributed by atoms with Gasteiger partial charge in [-0.2, -0.15) is 0 Å². The third-order valence-corrected chi connectivity index (χ3v) is 4.38. The van der Waals surface area contributed by atoms with Crippen LogP contribution in [0.3, 0.4) is 0 Å². The lowest BCUT2D eigenvalue weighted by atomic mass is 10.3. The number of hydrogen-bond acceptors (Lipinski definition) is 2. The molecule has 0 aliphatic carbocycles. The molecule has 0 radical (unpaired) electrons. The molecule has 72 valence electrons. The van der Waals surface area contributed by atoms with Crippen LogP contribution in [-0.2, 0) is 10.0 Å². The van der Waals surface area contributed by atoms with Crippen molar-refractivity contribution in [2.24, 2.45) is 0 Å². The number of anilines is 1. The van der Waals surface area contributed by atoms with E-state index in [4.69, 9.17) is 0 Å². The van der Waals surface area contributed by atoms with E-state index in [2.05, 4.69) is 36.6 Å². The van der Waals surface area contributed by atoms with Gasteiger partial charge in [0.1, 0.15) is 4.66 Å². The van der Waals surface area contributed by atoms with Crippen molar-refractivity contribution in [2.45, 2.75) is 0 Å². The minimum absolute atomic E-state index is 0.105. The van der Waals surface area contributed by atoms with E-state index < -0.39 is 10.0 Å². The molecule has 3 nitrogen and oxygen atoms in total. The van der Waals surface area contributed by atoms with Crippen LogP contribution in [0.5, 0.6) is 0 Å². The maximum atomic E-state index is 11.1. The fourth-order valence-corrected chi connectivity index (χ4v) is 2.04. The number of halogens is 2. The Balaban J connectivity index is 2.87. The molecule has 0 aliphatic heterocycles. The quantitative estimate of drug-likeness (QED) is 0.867. The summed E-state index contributed by atoms with van der Waals surface area (Å²) >= 11 is 6.13. The predicted octanol–water partition coefficient (Wildman–Crippen LogP) is 2.54. The highest BCUT2D eigenvalue weighted by atomic mass is 79.9. The van der Waals surface area contributed by atoms with Gasteiger partial charge in [-0.3, -0.25) is 4.72 Å². The van der Waals surface area contributed by atoms with Crippen molar-refractivity contribution in [2.75, 3.05) is 9.38 Å². The van der Waals surface area contributed by atoms with Crippen LogP contribution in [0, 0.1) is 0 Å². The van der Waals surface area contributed by atoms with Gasteiger partial charge < -0.3 is 0 Å². The van der Waals surface area contributed by atoms with E-state index in [9.17, 15) is 8.42 Å². The summed E-state index contributed by atoms with van der Waals surface area (Å²) in [5.74, 6) is 0. The first kappa shape index (κ1) is 11.0.